The molecule has 3 nitrogen and oxygen atoms in total. The third kappa shape index (κ3) is 3.78. The first kappa shape index (κ1) is 14.9. The fourth-order valence-corrected chi connectivity index (χ4v) is 3.66. The van der Waals surface area contributed by atoms with Crippen LogP contribution < -0.4 is 10.1 Å². The second-order valence-corrected chi connectivity index (χ2v) is 6.37. The summed E-state index contributed by atoms with van der Waals surface area (Å²) in [6, 6.07) is 10.0. The Morgan fingerprint density at radius 3 is 2.81 bits per heavy atom. The number of ether oxygens (including phenoxy) is 1. The van der Waals surface area contributed by atoms with Gasteiger partial charge < -0.3 is 10.1 Å². The molecule has 21 heavy (non-hydrogen) atoms. The fourth-order valence-electron chi connectivity index (χ4n) is 3.66. The third-order valence-electron chi connectivity index (χ3n) is 4.82. The van der Waals surface area contributed by atoms with Crippen LogP contribution >= 0.6 is 0 Å². The summed E-state index contributed by atoms with van der Waals surface area (Å²) in [6.07, 6.45) is 6.54. The molecule has 0 amide bonds. The SMILES string of the molecule is CCCOc1ccc(CNC2CCN3CCCCC23)cc1. The van der Waals surface area contributed by atoms with E-state index in [0.717, 1.165) is 31.4 Å². The lowest BCUT2D eigenvalue weighted by Crippen LogP contribution is -2.44. The number of piperidine rings is 1. The van der Waals surface area contributed by atoms with Crippen molar-refractivity contribution in [2.24, 2.45) is 0 Å². The summed E-state index contributed by atoms with van der Waals surface area (Å²) >= 11 is 0. The topological polar surface area (TPSA) is 24.5 Å². The van der Waals surface area contributed by atoms with Crippen LogP contribution in [0.4, 0.5) is 0 Å². The molecule has 1 N–H and O–H groups in total. The van der Waals surface area contributed by atoms with E-state index < -0.39 is 0 Å². The Morgan fingerprint density at radius 2 is 2.00 bits per heavy atom. The first-order valence-electron chi connectivity index (χ1n) is 8.56. The van der Waals surface area contributed by atoms with Crippen molar-refractivity contribution < 1.29 is 4.74 Å². The highest BCUT2D eigenvalue weighted by molar-refractivity contribution is 5.27. The van der Waals surface area contributed by atoms with Crippen LogP contribution in [-0.4, -0.2) is 36.7 Å². The number of rotatable bonds is 6. The van der Waals surface area contributed by atoms with E-state index in [-0.39, 0.29) is 0 Å². The lowest BCUT2D eigenvalue weighted by Gasteiger charge is -2.32. The highest BCUT2D eigenvalue weighted by Gasteiger charge is 2.34. The lowest BCUT2D eigenvalue weighted by molar-refractivity contribution is 0.180. The number of benzene rings is 1. The Labute approximate surface area is 128 Å². The molecule has 0 radical (unpaired) electrons. The molecule has 2 heterocycles. The van der Waals surface area contributed by atoms with Crippen molar-refractivity contribution >= 4 is 0 Å². The first-order valence-corrected chi connectivity index (χ1v) is 8.56. The van der Waals surface area contributed by atoms with Crippen LogP contribution in [0.25, 0.3) is 0 Å². The molecule has 0 aromatic heterocycles. The Morgan fingerprint density at radius 1 is 1.14 bits per heavy atom. The minimum atomic E-state index is 0.682. The van der Waals surface area contributed by atoms with E-state index in [4.69, 9.17) is 4.74 Å². The van der Waals surface area contributed by atoms with Gasteiger partial charge in [-0.2, -0.15) is 0 Å². The minimum Gasteiger partial charge on any atom is -0.494 e. The smallest absolute Gasteiger partial charge is 0.119 e. The molecule has 0 saturated carbocycles. The molecule has 1 aromatic rings. The maximum atomic E-state index is 5.63. The van der Waals surface area contributed by atoms with Crippen molar-refractivity contribution in [2.45, 2.75) is 57.7 Å². The zero-order valence-corrected chi connectivity index (χ0v) is 13.2. The van der Waals surface area contributed by atoms with Gasteiger partial charge in [-0.3, -0.25) is 4.90 Å². The van der Waals surface area contributed by atoms with E-state index in [0.29, 0.717) is 6.04 Å². The summed E-state index contributed by atoms with van der Waals surface area (Å²) in [6.45, 7) is 6.51. The molecule has 0 aliphatic carbocycles. The van der Waals surface area contributed by atoms with Crippen LogP contribution in [0.1, 0.15) is 44.6 Å². The molecule has 0 spiro atoms. The van der Waals surface area contributed by atoms with E-state index in [1.807, 2.05) is 0 Å². The lowest BCUT2D eigenvalue weighted by atomic mass is 9.99. The third-order valence-corrected chi connectivity index (χ3v) is 4.82. The summed E-state index contributed by atoms with van der Waals surface area (Å²) in [7, 11) is 0. The van der Waals surface area contributed by atoms with Gasteiger partial charge in [0.25, 0.3) is 0 Å². The van der Waals surface area contributed by atoms with Gasteiger partial charge in [-0.1, -0.05) is 25.5 Å². The maximum absolute atomic E-state index is 5.63. The van der Waals surface area contributed by atoms with Crippen LogP contribution in [0.5, 0.6) is 5.75 Å². The van der Waals surface area contributed by atoms with Crippen molar-refractivity contribution in [2.75, 3.05) is 19.7 Å². The first-order chi connectivity index (χ1) is 10.4. The van der Waals surface area contributed by atoms with Crippen LogP contribution in [-0.2, 0) is 6.54 Å². The molecule has 2 aliphatic heterocycles. The number of nitrogens with zero attached hydrogens (tertiary/aromatic N) is 1. The van der Waals surface area contributed by atoms with Crippen LogP contribution in [0.3, 0.4) is 0 Å². The molecular weight excluding hydrogens is 260 g/mol. The Balaban J connectivity index is 1.48. The quantitative estimate of drug-likeness (QED) is 0.870. The summed E-state index contributed by atoms with van der Waals surface area (Å²) in [5.74, 6) is 0.986. The van der Waals surface area contributed by atoms with Crippen molar-refractivity contribution in [3.05, 3.63) is 29.8 Å². The summed E-state index contributed by atoms with van der Waals surface area (Å²) in [5.41, 5.74) is 1.35. The molecular formula is C18H28N2O. The molecule has 1 aromatic carbocycles. The molecule has 2 aliphatic rings. The second-order valence-electron chi connectivity index (χ2n) is 6.37. The van der Waals surface area contributed by atoms with E-state index in [9.17, 15) is 0 Å². The second kappa shape index (κ2) is 7.28. The van der Waals surface area contributed by atoms with Crippen LogP contribution in [0.2, 0.25) is 0 Å². The van der Waals surface area contributed by atoms with E-state index in [2.05, 4.69) is 41.4 Å². The van der Waals surface area contributed by atoms with Gasteiger partial charge >= 0.3 is 0 Å². The van der Waals surface area contributed by atoms with Gasteiger partial charge in [0, 0.05) is 25.2 Å². The highest BCUT2D eigenvalue weighted by atomic mass is 16.5. The fraction of sp³-hybridized carbons (Fsp3) is 0.667. The van der Waals surface area contributed by atoms with Crippen molar-refractivity contribution in [3.8, 4) is 5.75 Å². The zero-order valence-electron chi connectivity index (χ0n) is 13.2. The van der Waals surface area contributed by atoms with Gasteiger partial charge in [-0.15, -0.1) is 0 Å². The van der Waals surface area contributed by atoms with Crippen LogP contribution in [0, 0.1) is 0 Å². The van der Waals surface area contributed by atoms with Gasteiger partial charge in [0.05, 0.1) is 6.61 Å². The van der Waals surface area contributed by atoms with Gasteiger partial charge in [0.2, 0.25) is 0 Å². The largest absolute Gasteiger partial charge is 0.494 e. The van der Waals surface area contributed by atoms with Crippen molar-refractivity contribution in [1.82, 2.24) is 10.2 Å². The van der Waals surface area contributed by atoms with Gasteiger partial charge in [0.15, 0.2) is 0 Å². The molecule has 0 bridgehead atoms. The molecule has 2 unspecified atom stereocenters. The number of hydrogen-bond donors (Lipinski definition) is 1. The average Bonchev–Trinajstić information content (AvgIpc) is 2.95. The monoisotopic (exact) mass is 288 g/mol. The molecule has 116 valence electrons. The van der Waals surface area contributed by atoms with Gasteiger partial charge in [0.1, 0.15) is 5.75 Å². The van der Waals surface area contributed by atoms with Crippen LogP contribution in [0.15, 0.2) is 24.3 Å². The zero-order chi connectivity index (χ0) is 14.5. The Kier molecular flexibility index (Phi) is 5.15. The van der Waals surface area contributed by atoms with Crippen molar-refractivity contribution in [3.63, 3.8) is 0 Å². The summed E-state index contributed by atoms with van der Waals surface area (Å²) < 4.78 is 5.63. The molecule has 2 atom stereocenters. The maximum Gasteiger partial charge on any atom is 0.119 e. The predicted octanol–water partition coefficient (Wildman–Crippen LogP) is 3.19. The van der Waals surface area contributed by atoms with E-state index in [1.54, 1.807) is 0 Å². The molecule has 2 fully saturated rings. The normalized spacial score (nSPS) is 25.8. The average molecular weight is 288 g/mol. The standard InChI is InChI=1S/C18H28N2O/c1-2-13-21-16-8-6-15(7-9-16)14-19-17-10-12-20-11-4-3-5-18(17)20/h6-9,17-19H,2-5,10-14H2,1H3. The van der Waals surface area contributed by atoms with E-state index in [1.165, 1.54) is 44.3 Å². The number of nitrogens with one attached hydrogen (secondary N) is 1. The predicted molar refractivity (Wildman–Crippen MR) is 86.7 cm³/mol. The van der Waals surface area contributed by atoms with E-state index >= 15 is 0 Å². The Bertz CT molecular complexity index is 431. The molecule has 3 rings (SSSR count). The Hall–Kier alpha value is -1.06. The number of fused-ring (bicyclic) bond motifs is 1. The summed E-state index contributed by atoms with van der Waals surface area (Å²) in [4.78, 5) is 2.68. The van der Waals surface area contributed by atoms with Gasteiger partial charge in [-0.25, -0.2) is 0 Å². The van der Waals surface area contributed by atoms with Gasteiger partial charge in [-0.05, 0) is 49.9 Å². The summed E-state index contributed by atoms with van der Waals surface area (Å²) in [5, 5.41) is 3.78. The number of hydrogen-bond acceptors (Lipinski definition) is 3. The van der Waals surface area contributed by atoms with Crippen molar-refractivity contribution in [1.29, 1.82) is 0 Å². The highest BCUT2D eigenvalue weighted by Crippen LogP contribution is 2.27. The molecule has 3 heteroatoms. The minimum absolute atomic E-state index is 0.682. The molecule has 2 saturated heterocycles.